The van der Waals surface area contributed by atoms with Crippen LogP contribution in [0.2, 0.25) is 5.02 Å². The van der Waals surface area contributed by atoms with E-state index in [-0.39, 0.29) is 9.92 Å². The number of para-hydroxylation sites is 1. The van der Waals surface area contributed by atoms with E-state index < -0.39 is 21.9 Å². The molecule has 0 aliphatic carbocycles. The van der Waals surface area contributed by atoms with Crippen LogP contribution < -0.4 is 0 Å². The SMILES string of the molecule is CC(c1cc2ccccc2o1)N(C)S(=O)(=O)c1cc(F)cc(Cl)c1. The van der Waals surface area contributed by atoms with Crippen molar-refractivity contribution in [3.63, 3.8) is 0 Å². The van der Waals surface area contributed by atoms with Crippen LogP contribution in [0.15, 0.2) is 57.8 Å². The Labute approximate surface area is 144 Å². The zero-order valence-electron chi connectivity index (χ0n) is 13.0. The Bertz CT molecular complexity index is 947. The molecular formula is C17H15ClFNO3S. The lowest BCUT2D eigenvalue weighted by Crippen LogP contribution is -2.29. The van der Waals surface area contributed by atoms with Crippen molar-refractivity contribution in [2.45, 2.75) is 17.9 Å². The molecule has 1 unspecified atom stereocenters. The molecule has 0 radical (unpaired) electrons. The molecule has 7 heteroatoms. The van der Waals surface area contributed by atoms with Crippen LogP contribution in [0, 0.1) is 5.82 Å². The molecule has 4 nitrogen and oxygen atoms in total. The third-order valence-electron chi connectivity index (χ3n) is 3.91. The lowest BCUT2D eigenvalue weighted by molar-refractivity contribution is 0.348. The molecule has 0 N–H and O–H groups in total. The van der Waals surface area contributed by atoms with Crippen LogP contribution in [0.3, 0.4) is 0 Å². The van der Waals surface area contributed by atoms with Crippen molar-refractivity contribution < 1.29 is 17.2 Å². The number of rotatable bonds is 4. The maximum atomic E-state index is 13.5. The van der Waals surface area contributed by atoms with Gasteiger partial charge in [0.25, 0.3) is 0 Å². The lowest BCUT2D eigenvalue weighted by atomic mass is 10.2. The summed E-state index contributed by atoms with van der Waals surface area (Å²) < 4.78 is 45.8. The fraction of sp³-hybridized carbons (Fsp3) is 0.176. The van der Waals surface area contributed by atoms with Crippen LogP contribution in [0.5, 0.6) is 0 Å². The van der Waals surface area contributed by atoms with E-state index in [1.165, 1.54) is 13.1 Å². The van der Waals surface area contributed by atoms with Gasteiger partial charge >= 0.3 is 0 Å². The molecule has 0 bridgehead atoms. The molecule has 0 fully saturated rings. The number of sulfonamides is 1. The van der Waals surface area contributed by atoms with Gasteiger partial charge in [-0.1, -0.05) is 29.8 Å². The highest BCUT2D eigenvalue weighted by molar-refractivity contribution is 7.89. The first-order valence-electron chi connectivity index (χ1n) is 7.21. The molecule has 1 atom stereocenters. The first kappa shape index (κ1) is 17.0. The highest BCUT2D eigenvalue weighted by Gasteiger charge is 2.29. The Balaban J connectivity index is 1.98. The van der Waals surface area contributed by atoms with E-state index >= 15 is 0 Å². The maximum Gasteiger partial charge on any atom is 0.243 e. The molecule has 24 heavy (non-hydrogen) atoms. The predicted octanol–water partition coefficient (Wildman–Crippen LogP) is 4.61. The van der Waals surface area contributed by atoms with Gasteiger partial charge in [-0.05, 0) is 37.3 Å². The fourth-order valence-electron chi connectivity index (χ4n) is 2.44. The van der Waals surface area contributed by atoms with Crippen LogP contribution in [-0.2, 0) is 10.0 Å². The summed E-state index contributed by atoms with van der Waals surface area (Å²) in [5.41, 5.74) is 0.680. The summed E-state index contributed by atoms with van der Waals surface area (Å²) in [6.45, 7) is 1.70. The van der Waals surface area contributed by atoms with Crippen molar-refractivity contribution in [2.75, 3.05) is 7.05 Å². The topological polar surface area (TPSA) is 50.5 Å². The number of hydrogen-bond donors (Lipinski definition) is 0. The Hall–Kier alpha value is -1.89. The second kappa shape index (κ2) is 6.20. The quantitative estimate of drug-likeness (QED) is 0.676. The van der Waals surface area contributed by atoms with E-state index in [1.54, 1.807) is 13.0 Å². The summed E-state index contributed by atoms with van der Waals surface area (Å²) in [5.74, 6) is -0.198. The zero-order valence-corrected chi connectivity index (χ0v) is 14.6. The highest BCUT2D eigenvalue weighted by atomic mass is 35.5. The molecule has 3 aromatic rings. The van der Waals surface area contributed by atoms with Crippen molar-refractivity contribution in [1.82, 2.24) is 4.31 Å². The minimum absolute atomic E-state index is 0.0263. The molecule has 0 saturated heterocycles. The summed E-state index contributed by atoms with van der Waals surface area (Å²) in [7, 11) is -2.50. The molecule has 0 saturated carbocycles. The van der Waals surface area contributed by atoms with Crippen LogP contribution in [0.25, 0.3) is 11.0 Å². The Morgan fingerprint density at radius 2 is 1.88 bits per heavy atom. The second-order valence-electron chi connectivity index (χ2n) is 5.49. The first-order valence-corrected chi connectivity index (χ1v) is 9.03. The number of halogens is 2. The third-order valence-corrected chi connectivity index (χ3v) is 6.04. The minimum Gasteiger partial charge on any atom is -0.459 e. The summed E-state index contributed by atoms with van der Waals surface area (Å²) in [4.78, 5) is -0.196. The Morgan fingerprint density at radius 1 is 1.17 bits per heavy atom. The van der Waals surface area contributed by atoms with Gasteiger partial charge in [-0.15, -0.1) is 0 Å². The van der Waals surface area contributed by atoms with E-state index in [9.17, 15) is 12.8 Å². The van der Waals surface area contributed by atoms with Crippen LogP contribution >= 0.6 is 11.6 Å². The number of benzene rings is 2. The molecule has 3 rings (SSSR count). The molecule has 0 spiro atoms. The third kappa shape index (κ3) is 3.05. The van der Waals surface area contributed by atoms with Gasteiger partial charge < -0.3 is 4.42 Å². The van der Waals surface area contributed by atoms with Gasteiger partial charge in [0.15, 0.2) is 0 Å². The number of hydrogen-bond acceptors (Lipinski definition) is 3. The van der Waals surface area contributed by atoms with E-state index in [4.69, 9.17) is 16.0 Å². The monoisotopic (exact) mass is 367 g/mol. The molecule has 2 aromatic carbocycles. The van der Waals surface area contributed by atoms with Crippen LogP contribution in [0.1, 0.15) is 18.7 Å². The first-order chi connectivity index (χ1) is 11.3. The lowest BCUT2D eigenvalue weighted by Gasteiger charge is -2.22. The maximum absolute atomic E-state index is 13.5. The number of nitrogens with zero attached hydrogens (tertiary/aromatic N) is 1. The zero-order chi connectivity index (χ0) is 17.5. The summed E-state index contributed by atoms with van der Waals surface area (Å²) in [5, 5.41) is 0.914. The normalized spacial score (nSPS) is 13.5. The second-order valence-corrected chi connectivity index (χ2v) is 7.92. The molecule has 0 aliphatic heterocycles. The van der Waals surface area contributed by atoms with E-state index in [0.717, 1.165) is 21.8 Å². The van der Waals surface area contributed by atoms with Crippen molar-refractivity contribution in [1.29, 1.82) is 0 Å². The van der Waals surface area contributed by atoms with Crippen LogP contribution in [-0.4, -0.2) is 19.8 Å². The molecule has 1 aromatic heterocycles. The summed E-state index contributed by atoms with van der Waals surface area (Å²) in [6.07, 6.45) is 0. The van der Waals surface area contributed by atoms with Gasteiger partial charge in [-0.25, -0.2) is 12.8 Å². The van der Waals surface area contributed by atoms with Crippen molar-refractivity contribution in [3.05, 3.63) is 65.1 Å². The van der Waals surface area contributed by atoms with Gasteiger partial charge in [0.1, 0.15) is 17.2 Å². The van der Waals surface area contributed by atoms with Crippen LogP contribution in [0.4, 0.5) is 4.39 Å². The van der Waals surface area contributed by atoms with Crippen molar-refractivity contribution >= 4 is 32.6 Å². The molecule has 0 aliphatic rings. The summed E-state index contributed by atoms with van der Waals surface area (Å²) in [6, 6.07) is 11.9. The van der Waals surface area contributed by atoms with E-state index in [2.05, 4.69) is 0 Å². The molecule has 0 amide bonds. The van der Waals surface area contributed by atoms with Gasteiger partial charge in [0.05, 0.1) is 10.9 Å². The molecule has 1 heterocycles. The number of fused-ring (bicyclic) bond motifs is 1. The Morgan fingerprint density at radius 3 is 2.54 bits per heavy atom. The largest absolute Gasteiger partial charge is 0.459 e. The van der Waals surface area contributed by atoms with Crippen molar-refractivity contribution in [2.24, 2.45) is 0 Å². The van der Waals surface area contributed by atoms with E-state index in [1.807, 2.05) is 24.3 Å². The smallest absolute Gasteiger partial charge is 0.243 e. The fourth-order valence-corrected chi connectivity index (χ4v) is 4.12. The van der Waals surface area contributed by atoms with Crippen molar-refractivity contribution in [3.8, 4) is 0 Å². The highest BCUT2D eigenvalue weighted by Crippen LogP contribution is 2.31. The van der Waals surface area contributed by atoms with E-state index in [0.29, 0.717) is 11.3 Å². The Kier molecular flexibility index (Phi) is 4.38. The van der Waals surface area contributed by atoms with Gasteiger partial charge in [0.2, 0.25) is 10.0 Å². The van der Waals surface area contributed by atoms with Gasteiger partial charge in [-0.2, -0.15) is 4.31 Å². The summed E-state index contributed by atoms with van der Waals surface area (Å²) >= 11 is 5.77. The average Bonchev–Trinajstić information content (AvgIpc) is 2.96. The minimum atomic E-state index is -3.92. The molecule has 126 valence electrons. The standard InChI is InChI=1S/C17H15ClFNO3S/c1-11(17-7-12-5-3-4-6-16(12)23-17)20(2)24(21,22)15-9-13(18)8-14(19)10-15/h3-11H,1-2H3. The van der Waals surface area contributed by atoms with Gasteiger partial charge in [-0.3, -0.25) is 0 Å². The average molecular weight is 368 g/mol. The number of furan rings is 1. The predicted molar refractivity (Wildman–Crippen MR) is 91.0 cm³/mol. The van der Waals surface area contributed by atoms with Gasteiger partial charge in [0, 0.05) is 17.5 Å². The molecular weight excluding hydrogens is 353 g/mol.